The third-order valence-electron chi connectivity index (χ3n) is 4.24. The Hall–Kier alpha value is -2.96. The van der Waals surface area contributed by atoms with E-state index in [1.807, 2.05) is 0 Å². The van der Waals surface area contributed by atoms with E-state index in [-0.39, 0.29) is 24.2 Å². The highest BCUT2D eigenvalue weighted by Gasteiger charge is 2.23. The van der Waals surface area contributed by atoms with Crippen LogP contribution in [0.4, 0.5) is 4.39 Å². The monoisotopic (exact) mass is 357 g/mol. The van der Waals surface area contributed by atoms with Gasteiger partial charge < -0.3 is 14.5 Å². The molecule has 1 saturated heterocycles. The summed E-state index contributed by atoms with van der Waals surface area (Å²) in [6.45, 7) is 2.01. The first kappa shape index (κ1) is 17.8. The van der Waals surface area contributed by atoms with Crippen molar-refractivity contribution in [2.75, 3.05) is 32.8 Å². The lowest BCUT2D eigenvalue weighted by molar-refractivity contribution is -0.133. The topological polar surface area (TPSA) is 62.7 Å². The fraction of sp³-hybridized carbons (Fsp3) is 0.316. The van der Waals surface area contributed by atoms with Gasteiger partial charge in [0.1, 0.15) is 11.6 Å². The number of halogens is 1. The minimum atomic E-state index is -0.352. The van der Waals surface area contributed by atoms with Gasteiger partial charge in [0.2, 0.25) is 0 Å². The number of amides is 2. The first-order valence-electron chi connectivity index (χ1n) is 8.49. The lowest BCUT2D eigenvalue weighted by Crippen LogP contribution is -2.39. The van der Waals surface area contributed by atoms with Gasteiger partial charge in [-0.2, -0.15) is 0 Å². The number of carbonyl (C=O) groups is 2. The molecule has 2 amide bonds. The van der Waals surface area contributed by atoms with E-state index in [9.17, 15) is 14.0 Å². The number of nitrogens with zero attached hydrogens (tertiary/aromatic N) is 3. The van der Waals surface area contributed by atoms with Gasteiger partial charge in [-0.05, 0) is 42.8 Å². The van der Waals surface area contributed by atoms with E-state index in [1.165, 1.54) is 24.3 Å². The molecule has 2 aromatic rings. The molecule has 0 saturated carbocycles. The van der Waals surface area contributed by atoms with Crippen molar-refractivity contribution < 1.29 is 18.7 Å². The van der Waals surface area contributed by atoms with Crippen molar-refractivity contribution >= 4 is 11.8 Å². The minimum Gasteiger partial charge on any atom is -0.484 e. The van der Waals surface area contributed by atoms with Crippen LogP contribution in [-0.2, 0) is 4.79 Å². The highest BCUT2D eigenvalue weighted by atomic mass is 19.1. The molecule has 1 fully saturated rings. The van der Waals surface area contributed by atoms with Crippen LogP contribution in [0.3, 0.4) is 0 Å². The third-order valence-corrected chi connectivity index (χ3v) is 4.24. The molecule has 7 heteroatoms. The molecule has 3 rings (SSSR count). The van der Waals surface area contributed by atoms with Crippen LogP contribution in [0.25, 0.3) is 0 Å². The first-order chi connectivity index (χ1) is 12.6. The maximum Gasteiger partial charge on any atom is 0.260 e. The molecular weight excluding hydrogens is 337 g/mol. The third kappa shape index (κ3) is 4.56. The molecule has 1 aliphatic heterocycles. The van der Waals surface area contributed by atoms with Crippen molar-refractivity contribution in [1.82, 2.24) is 14.8 Å². The van der Waals surface area contributed by atoms with Gasteiger partial charge in [0.15, 0.2) is 6.61 Å². The van der Waals surface area contributed by atoms with Crippen molar-refractivity contribution in [2.24, 2.45) is 0 Å². The molecule has 1 aromatic carbocycles. The maximum atomic E-state index is 12.9. The summed E-state index contributed by atoms with van der Waals surface area (Å²) in [5, 5.41) is 0. The minimum absolute atomic E-state index is 0.0516. The van der Waals surface area contributed by atoms with Gasteiger partial charge in [-0.3, -0.25) is 14.6 Å². The van der Waals surface area contributed by atoms with Crippen LogP contribution in [0.5, 0.6) is 5.75 Å². The second kappa shape index (κ2) is 8.42. The Bertz CT molecular complexity index is 752. The van der Waals surface area contributed by atoms with Crippen LogP contribution in [0.2, 0.25) is 0 Å². The average Bonchev–Trinajstić information content (AvgIpc) is 2.94. The highest BCUT2D eigenvalue weighted by molar-refractivity contribution is 5.94. The molecule has 1 aliphatic rings. The number of pyridine rings is 1. The van der Waals surface area contributed by atoms with Crippen LogP contribution in [0.15, 0.2) is 48.8 Å². The maximum absolute atomic E-state index is 12.9. The summed E-state index contributed by atoms with van der Waals surface area (Å²) < 4.78 is 18.3. The Labute approximate surface area is 151 Å². The number of ether oxygens (including phenoxy) is 1. The van der Waals surface area contributed by atoms with Gasteiger partial charge in [-0.25, -0.2) is 4.39 Å². The fourth-order valence-electron chi connectivity index (χ4n) is 2.81. The van der Waals surface area contributed by atoms with Gasteiger partial charge in [0.05, 0.1) is 0 Å². The smallest absolute Gasteiger partial charge is 0.260 e. The van der Waals surface area contributed by atoms with Crippen LogP contribution < -0.4 is 4.74 Å². The summed E-state index contributed by atoms with van der Waals surface area (Å²) in [7, 11) is 0. The van der Waals surface area contributed by atoms with Crippen molar-refractivity contribution in [3.05, 3.63) is 60.2 Å². The average molecular weight is 357 g/mol. The molecule has 0 aliphatic carbocycles. The summed E-state index contributed by atoms with van der Waals surface area (Å²) in [6, 6.07) is 8.92. The van der Waals surface area contributed by atoms with Crippen LogP contribution in [-0.4, -0.2) is 59.4 Å². The van der Waals surface area contributed by atoms with Gasteiger partial charge in [0.25, 0.3) is 11.8 Å². The summed E-state index contributed by atoms with van der Waals surface area (Å²) in [5.74, 6) is -0.101. The first-order valence-corrected chi connectivity index (χ1v) is 8.49. The van der Waals surface area contributed by atoms with Crippen molar-refractivity contribution in [2.45, 2.75) is 6.42 Å². The van der Waals surface area contributed by atoms with Gasteiger partial charge >= 0.3 is 0 Å². The zero-order valence-corrected chi connectivity index (χ0v) is 14.3. The fourth-order valence-corrected chi connectivity index (χ4v) is 2.81. The molecule has 2 heterocycles. The summed E-state index contributed by atoms with van der Waals surface area (Å²) >= 11 is 0. The van der Waals surface area contributed by atoms with Crippen LogP contribution in [0, 0.1) is 5.82 Å². The Morgan fingerprint density at radius 1 is 0.962 bits per heavy atom. The Balaban J connectivity index is 1.52. The SMILES string of the molecule is O=C(COc1ccc(F)cc1)N1CCCN(C(=O)c2ccncc2)CC1. The summed E-state index contributed by atoms with van der Waals surface area (Å²) in [6.07, 6.45) is 3.89. The lowest BCUT2D eigenvalue weighted by Gasteiger charge is -2.22. The van der Waals surface area contributed by atoms with Crippen molar-refractivity contribution in [3.8, 4) is 5.75 Å². The Morgan fingerprint density at radius 2 is 1.62 bits per heavy atom. The van der Waals surface area contributed by atoms with E-state index in [2.05, 4.69) is 4.98 Å². The number of hydrogen-bond donors (Lipinski definition) is 0. The molecular formula is C19H20FN3O3. The van der Waals surface area contributed by atoms with Crippen molar-refractivity contribution in [3.63, 3.8) is 0 Å². The van der Waals surface area contributed by atoms with E-state index in [1.54, 1.807) is 34.3 Å². The predicted octanol–water partition coefficient (Wildman–Crippen LogP) is 1.97. The Morgan fingerprint density at radius 3 is 2.35 bits per heavy atom. The van der Waals surface area contributed by atoms with E-state index >= 15 is 0 Å². The van der Waals surface area contributed by atoms with Gasteiger partial charge in [0, 0.05) is 44.1 Å². The molecule has 0 atom stereocenters. The van der Waals surface area contributed by atoms with E-state index < -0.39 is 0 Å². The van der Waals surface area contributed by atoms with E-state index in [0.29, 0.717) is 43.9 Å². The lowest BCUT2D eigenvalue weighted by atomic mass is 10.2. The molecule has 1 aromatic heterocycles. The molecule has 6 nitrogen and oxygen atoms in total. The second-order valence-corrected chi connectivity index (χ2v) is 6.01. The normalized spacial score (nSPS) is 14.7. The number of benzene rings is 1. The van der Waals surface area contributed by atoms with Gasteiger partial charge in [-0.15, -0.1) is 0 Å². The predicted molar refractivity (Wildman–Crippen MR) is 93.2 cm³/mol. The van der Waals surface area contributed by atoms with Crippen LogP contribution >= 0.6 is 0 Å². The standard InChI is InChI=1S/C19H20FN3O3/c20-16-2-4-17(5-3-16)26-14-18(24)22-10-1-11-23(13-12-22)19(25)15-6-8-21-9-7-15/h2-9H,1,10-14H2. The molecule has 136 valence electrons. The van der Waals surface area contributed by atoms with Crippen molar-refractivity contribution in [1.29, 1.82) is 0 Å². The molecule has 0 bridgehead atoms. The number of carbonyl (C=O) groups excluding carboxylic acids is 2. The van der Waals surface area contributed by atoms with E-state index in [4.69, 9.17) is 4.74 Å². The number of hydrogen-bond acceptors (Lipinski definition) is 4. The zero-order valence-electron chi connectivity index (χ0n) is 14.3. The Kier molecular flexibility index (Phi) is 5.78. The largest absolute Gasteiger partial charge is 0.484 e. The molecule has 0 spiro atoms. The highest BCUT2D eigenvalue weighted by Crippen LogP contribution is 2.12. The summed E-state index contributed by atoms with van der Waals surface area (Å²) in [5.41, 5.74) is 0.597. The number of rotatable bonds is 4. The molecule has 26 heavy (non-hydrogen) atoms. The second-order valence-electron chi connectivity index (χ2n) is 6.01. The summed E-state index contributed by atoms with van der Waals surface area (Å²) in [4.78, 5) is 32.2. The molecule has 0 radical (unpaired) electrons. The van der Waals surface area contributed by atoms with Crippen LogP contribution in [0.1, 0.15) is 16.8 Å². The molecule has 0 N–H and O–H groups in total. The molecule has 0 unspecified atom stereocenters. The zero-order chi connectivity index (χ0) is 18.4. The number of aromatic nitrogens is 1. The van der Waals surface area contributed by atoms with Gasteiger partial charge in [-0.1, -0.05) is 0 Å². The van der Waals surface area contributed by atoms with E-state index in [0.717, 1.165) is 0 Å². The quantitative estimate of drug-likeness (QED) is 0.839.